The minimum absolute atomic E-state index is 0.159. The molecule has 0 aliphatic heterocycles. The molecule has 0 spiro atoms. The minimum Gasteiger partial charge on any atom is -0.347 e. The summed E-state index contributed by atoms with van der Waals surface area (Å²) in [4.78, 5) is 0. The molecular weight excluding hydrogens is 172 g/mol. The van der Waals surface area contributed by atoms with Crippen LogP contribution in [0.5, 0.6) is 0 Å². The Morgan fingerprint density at radius 3 is 2.71 bits per heavy atom. The predicted octanol–water partition coefficient (Wildman–Crippen LogP) is 3.01. The lowest BCUT2D eigenvalue weighted by Gasteiger charge is -2.26. The normalized spacial score (nSPS) is 21.0. The molecule has 1 heterocycles. The first-order chi connectivity index (χ1) is 6.79. The van der Waals surface area contributed by atoms with Gasteiger partial charge in [0, 0.05) is 24.0 Å². The van der Waals surface area contributed by atoms with E-state index in [4.69, 9.17) is 5.73 Å². The molecule has 1 aromatic heterocycles. The van der Waals surface area contributed by atoms with E-state index in [2.05, 4.69) is 29.8 Å². The van der Waals surface area contributed by atoms with Gasteiger partial charge in [-0.25, -0.2) is 0 Å². The summed E-state index contributed by atoms with van der Waals surface area (Å²) in [5, 5.41) is 0. The number of nitrogens with two attached hydrogens (primary N) is 1. The molecule has 1 saturated carbocycles. The average molecular weight is 192 g/mol. The number of aromatic nitrogens is 1. The van der Waals surface area contributed by atoms with E-state index >= 15 is 0 Å². The van der Waals surface area contributed by atoms with Gasteiger partial charge in [-0.15, -0.1) is 0 Å². The molecule has 0 saturated heterocycles. The molecule has 78 valence electrons. The molecule has 2 heteroatoms. The van der Waals surface area contributed by atoms with Gasteiger partial charge in [-0.1, -0.05) is 19.3 Å². The summed E-state index contributed by atoms with van der Waals surface area (Å²) in [6.07, 6.45) is 9.01. The van der Waals surface area contributed by atoms with Crippen LogP contribution in [0.1, 0.15) is 56.8 Å². The molecule has 2 N–H and O–H groups in total. The van der Waals surface area contributed by atoms with Crippen LogP contribution in [-0.4, -0.2) is 4.57 Å². The third kappa shape index (κ3) is 1.85. The Kier molecular flexibility index (Phi) is 2.92. The van der Waals surface area contributed by atoms with E-state index in [1.807, 2.05) is 0 Å². The first-order valence-corrected chi connectivity index (χ1v) is 5.71. The summed E-state index contributed by atoms with van der Waals surface area (Å²) >= 11 is 0. The summed E-state index contributed by atoms with van der Waals surface area (Å²) in [6, 6.07) is 5.14. The largest absolute Gasteiger partial charge is 0.347 e. The molecular formula is C12H20N2. The third-order valence-corrected chi connectivity index (χ3v) is 3.25. The van der Waals surface area contributed by atoms with Crippen LogP contribution >= 0.6 is 0 Å². The van der Waals surface area contributed by atoms with E-state index in [-0.39, 0.29) is 6.04 Å². The van der Waals surface area contributed by atoms with Gasteiger partial charge in [0.1, 0.15) is 0 Å². The maximum absolute atomic E-state index is 5.94. The van der Waals surface area contributed by atoms with E-state index in [0.717, 1.165) is 0 Å². The number of hydrogen-bond donors (Lipinski definition) is 1. The second-order valence-electron chi connectivity index (χ2n) is 4.42. The van der Waals surface area contributed by atoms with Crippen molar-refractivity contribution in [2.45, 2.75) is 51.1 Å². The van der Waals surface area contributed by atoms with E-state index in [1.165, 1.54) is 37.8 Å². The molecule has 0 aromatic carbocycles. The van der Waals surface area contributed by atoms with E-state index in [0.29, 0.717) is 6.04 Å². The van der Waals surface area contributed by atoms with Gasteiger partial charge in [0.15, 0.2) is 0 Å². The van der Waals surface area contributed by atoms with Crippen molar-refractivity contribution < 1.29 is 0 Å². The highest BCUT2D eigenvalue weighted by Gasteiger charge is 2.17. The lowest BCUT2D eigenvalue weighted by molar-refractivity contribution is 0.344. The Labute approximate surface area is 86.1 Å². The Morgan fingerprint density at radius 2 is 2.07 bits per heavy atom. The molecule has 1 aromatic rings. The summed E-state index contributed by atoms with van der Waals surface area (Å²) in [6.45, 7) is 2.06. The molecule has 0 radical (unpaired) electrons. The fourth-order valence-electron chi connectivity index (χ4n) is 2.49. The highest BCUT2D eigenvalue weighted by molar-refractivity contribution is 5.12. The van der Waals surface area contributed by atoms with Crippen molar-refractivity contribution in [1.29, 1.82) is 0 Å². The van der Waals surface area contributed by atoms with Crippen LogP contribution in [0.2, 0.25) is 0 Å². The summed E-state index contributed by atoms with van der Waals surface area (Å²) in [5.74, 6) is 0. The second-order valence-corrected chi connectivity index (χ2v) is 4.42. The number of hydrogen-bond acceptors (Lipinski definition) is 1. The SMILES string of the molecule is C[C@H](N)c1cccn1C1CCCCC1. The van der Waals surface area contributed by atoms with Gasteiger partial charge < -0.3 is 10.3 Å². The van der Waals surface area contributed by atoms with Gasteiger partial charge in [0.25, 0.3) is 0 Å². The lowest BCUT2D eigenvalue weighted by atomic mass is 9.95. The van der Waals surface area contributed by atoms with Gasteiger partial charge in [0.2, 0.25) is 0 Å². The maximum atomic E-state index is 5.94. The summed E-state index contributed by atoms with van der Waals surface area (Å²) in [7, 11) is 0. The maximum Gasteiger partial charge on any atom is 0.0421 e. The number of rotatable bonds is 2. The van der Waals surface area contributed by atoms with E-state index in [9.17, 15) is 0 Å². The van der Waals surface area contributed by atoms with Crippen molar-refractivity contribution >= 4 is 0 Å². The van der Waals surface area contributed by atoms with Crippen LogP contribution in [0.15, 0.2) is 18.3 Å². The minimum atomic E-state index is 0.159. The highest BCUT2D eigenvalue weighted by atomic mass is 15.0. The van der Waals surface area contributed by atoms with E-state index < -0.39 is 0 Å². The Bertz CT molecular complexity index is 282. The zero-order valence-corrected chi connectivity index (χ0v) is 8.95. The zero-order chi connectivity index (χ0) is 9.97. The van der Waals surface area contributed by atoms with Crippen LogP contribution in [0.25, 0.3) is 0 Å². The highest BCUT2D eigenvalue weighted by Crippen LogP contribution is 2.30. The van der Waals surface area contributed by atoms with Crippen molar-refractivity contribution in [3.05, 3.63) is 24.0 Å². The van der Waals surface area contributed by atoms with Crippen LogP contribution in [0, 0.1) is 0 Å². The van der Waals surface area contributed by atoms with Crippen molar-refractivity contribution in [2.24, 2.45) is 5.73 Å². The van der Waals surface area contributed by atoms with Gasteiger partial charge >= 0.3 is 0 Å². The molecule has 0 bridgehead atoms. The average Bonchev–Trinajstić information content (AvgIpc) is 2.67. The van der Waals surface area contributed by atoms with Crippen LogP contribution in [0.3, 0.4) is 0 Å². The first kappa shape index (κ1) is 9.78. The Morgan fingerprint density at radius 1 is 1.36 bits per heavy atom. The fourth-order valence-corrected chi connectivity index (χ4v) is 2.49. The molecule has 14 heavy (non-hydrogen) atoms. The molecule has 2 rings (SSSR count). The van der Waals surface area contributed by atoms with Crippen molar-refractivity contribution in [3.8, 4) is 0 Å². The Hall–Kier alpha value is -0.760. The molecule has 1 aliphatic rings. The third-order valence-electron chi connectivity index (χ3n) is 3.25. The standard InChI is InChI=1S/C12H20N2/c1-10(13)12-8-5-9-14(12)11-6-3-2-4-7-11/h5,8-11H,2-4,6-7,13H2,1H3/t10-/m0/s1. The summed E-state index contributed by atoms with van der Waals surface area (Å²) < 4.78 is 2.39. The van der Waals surface area contributed by atoms with Gasteiger partial charge in [-0.3, -0.25) is 0 Å². The predicted molar refractivity (Wildman–Crippen MR) is 59.2 cm³/mol. The van der Waals surface area contributed by atoms with Crippen molar-refractivity contribution in [3.63, 3.8) is 0 Å². The van der Waals surface area contributed by atoms with E-state index in [1.54, 1.807) is 0 Å². The quantitative estimate of drug-likeness (QED) is 0.767. The monoisotopic (exact) mass is 192 g/mol. The second kappa shape index (κ2) is 4.18. The molecule has 2 nitrogen and oxygen atoms in total. The first-order valence-electron chi connectivity index (χ1n) is 5.71. The lowest BCUT2D eigenvalue weighted by Crippen LogP contribution is -2.18. The smallest absolute Gasteiger partial charge is 0.0421 e. The van der Waals surface area contributed by atoms with Crippen LogP contribution < -0.4 is 5.73 Å². The molecule has 0 amide bonds. The molecule has 1 aliphatic carbocycles. The van der Waals surface area contributed by atoms with Crippen molar-refractivity contribution in [2.75, 3.05) is 0 Å². The van der Waals surface area contributed by atoms with Crippen LogP contribution in [0.4, 0.5) is 0 Å². The van der Waals surface area contributed by atoms with Gasteiger partial charge in [-0.2, -0.15) is 0 Å². The summed E-state index contributed by atoms with van der Waals surface area (Å²) in [5.41, 5.74) is 7.23. The van der Waals surface area contributed by atoms with Crippen LogP contribution in [-0.2, 0) is 0 Å². The topological polar surface area (TPSA) is 30.9 Å². The molecule has 1 atom stereocenters. The molecule has 1 fully saturated rings. The Balaban J connectivity index is 2.17. The van der Waals surface area contributed by atoms with Gasteiger partial charge in [0.05, 0.1) is 0 Å². The number of nitrogens with zero attached hydrogens (tertiary/aromatic N) is 1. The zero-order valence-electron chi connectivity index (χ0n) is 8.95. The fraction of sp³-hybridized carbons (Fsp3) is 0.667. The molecule has 0 unspecified atom stereocenters. The van der Waals surface area contributed by atoms with Crippen molar-refractivity contribution in [1.82, 2.24) is 4.57 Å². The van der Waals surface area contributed by atoms with Gasteiger partial charge in [-0.05, 0) is 31.9 Å².